The first kappa shape index (κ1) is 13.5. The molecule has 18 heavy (non-hydrogen) atoms. The minimum atomic E-state index is 0.293. The highest BCUT2D eigenvalue weighted by atomic mass is 32.2. The lowest BCUT2D eigenvalue weighted by molar-refractivity contribution is 0.296. The standard InChI is InChI=1S/C14H19NO2S/c16-7-3-8-18-9-6-15-10-12-11-17-14-5-2-1-4-13(12)14/h1-2,4-5,11,15-16H,3,6-10H2. The van der Waals surface area contributed by atoms with E-state index in [4.69, 9.17) is 9.52 Å². The minimum Gasteiger partial charge on any atom is -0.464 e. The van der Waals surface area contributed by atoms with Gasteiger partial charge in [0.2, 0.25) is 0 Å². The van der Waals surface area contributed by atoms with Crippen LogP contribution in [0.4, 0.5) is 0 Å². The maximum Gasteiger partial charge on any atom is 0.134 e. The summed E-state index contributed by atoms with van der Waals surface area (Å²) < 4.78 is 5.49. The molecule has 1 heterocycles. The van der Waals surface area contributed by atoms with Crippen LogP contribution in [0.2, 0.25) is 0 Å². The van der Waals surface area contributed by atoms with Crippen LogP contribution in [0.3, 0.4) is 0 Å². The first-order chi connectivity index (χ1) is 8.92. The average Bonchev–Trinajstić information content (AvgIpc) is 2.81. The van der Waals surface area contributed by atoms with Crippen molar-refractivity contribution in [1.82, 2.24) is 5.32 Å². The van der Waals surface area contributed by atoms with Gasteiger partial charge in [-0.2, -0.15) is 11.8 Å². The predicted molar refractivity (Wildman–Crippen MR) is 76.9 cm³/mol. The van der Waals surface area contributed by atoms with Crippen molar-refractivity contribution in [2.45, 2.75) is 13.0 Å². The maximum atomic E-state index is 8.66. The van der Waals surface area contributed by atoms with Gasteiger partial charge in [0.15, 0.2) is 0 Å². The zero-order valence-corrected chi connectivity index (χ0v) is 11.2. The van der Waals surface area contributed by atoms with Crippen LogP contribution < -0.4 is 5.32 Å². The fourth-order valence-electron chi connectivity index (χ4n) is 1.81. The normalized spacial score (nSPS) is 11.2. The highest BCUT2D eigenvalue weighted by Crippen LogP contribution is 2.20. The molecular weight excluding hydrogens is 246 g/mol. The zero-order chi connectivity index (χ0) is 12.6. The Balaban J connectivity index is 1.70. The van der Waals surface area contributed by atoms with Gasteiger partial charge in [0, 0.05) is 36.4 Å². The van der Waals surface area contributed by atoms with Crippen molar-refractivity contribution < 1.29 is 9.52 Å². The van der Waals surface area contributed by atoms with E-state index in [0.29, 0.717) is 6.61 Å². The first-order valence-corrected chi connectivity index (χ1v) is 7.41. The molecule has 0 saturated carbocycles. The van der Waals surface area contributed by atoms with Crippen molar-refractivity contribution in [3.63, 3.8) is 0 Å². The Labute approximate surface area is 112 Å². The van der Waals surface area contributed by atoms with Crippen molar-refractivity contribution in [3.05, 3.63) is 36.1 Å². The van der Waals surface area contributed by atoms with Crippen molar-refractivity contribution in [2.24, 2.45) is 0 Å². The molecule has 1 aromatic carbocycles. The van der Waals surface area contributed by atoms with Crippen LogP contribution in [0.5, 0.6) is 0 Å². The summed E-state index contributed by atoms with van der Waals surface area (Å²) in [5.41, 5.74) is 2.16. The molecule has 0 atom stereocenters. The summed E-state index contributed by atoms with van der Waals surface area (Å²) in [7, 11) is 0. The Morgan fingerprint density at radius 3 is 3.00 bits per heavy atom. The Morgan fingerprint density at radius 2 is 2.11 bits per heavy atom. The number of benzene rings is 1. The smallest absolute Gasteiger partial charge is 0.134 e. The van der Waals surface area contributed by atoms with Crippen LogP contribution in [0, 0.1) is 0 Å². The summed E-state index contributed by atoms with van der Waals surface area (Å²) in [6.45, 7) is 2.12. The third kappa shape index (κ3) is 3.77. The zero-order valence-electron chi connectivity index (χ0n) is 10.4. The summed E-state index contributed by atoms with van der Waals surface area (Å²) in [5.74, 6) is 2.11. The number of furan rings is 1. The number of hydrogen-bond acceptors (Lipinski definition) is 4. The Bertz CT molecular complexity index is 470. The van der Waals surface area contributed by atoms with Crippen LogP contribution in [0.15, 0.2) is 34.9 Å². The quantitative estimate of drug-likeness (QED) is 0.720. The lowest BCUT2D eigenvalue weighted by Crippen LogP contribution is -2.16. The molecule has 0 aliphatic heterocycles. The van der Waals surface area contributed by atoms with E-state index < -0.39 is 0 Å². The van der Waals surface area contributed by atoms with Crippen molar-refractivity contribution >= 4 is 22.7 Å². The average molecular weight is 265 g/mol. The summed E-state index contributed by atoms with van der Waals surface area (Å²) in [6, 6.07) is 8.10. The highest BCUT2D eigenvalue weighted by Gasteiger charge is 2.03. The third-order valence-electron chi connectivity index (χ3n) is 2.75. The number of aliphatic hydroxyl groups excluding tert-OH is 1. The first-order valence-electron chi connectivity index (χ1n) is 6.26. The highest BCUT2D eigenvalue weighted by molar-refractivity contribution is 7.99. The molecule has 0 spiro atoms. The number of thioether (sulfide) groups is 1. The SMILES string of the molecule is OCCCSCCNCc1coc2ccccc12. The molecule has 0 radical (unpaired) electrons. The summed E-state index contributed by atoms with van der Waals surface area (Å²) >= 11 is 1.87. The Hall–Kier alpha value is -0.970. The van der Waals surface area contributed by atoms with Crippen molar-refractivity contribution in [3.8, 4) is 0 Å². The monoisotopic (exact) mass is 265 g/mol. The summed E-state index contributed by atoms with van der Waals surface area (Å²) in [6.07, 6.45) is 2.72. The van der Waals surface area contributed by atoms with Crippen LogP contribution >= 0.6 is 11.8 Å². The lowest BCUT2D eigenvalue weighted by Gasteiger charge is -2.03. The van der Waals surface area contributed by atoms with E-state index in [0.717, 1.165) is 36.6 Å². The fraction of sp³-hybridized carbons (Fsp3) is 0.429. The van der Waals surface area contributed by atoms with E-state index in [1.807, 2.05) is 36.2 Å². The van der Waals surface area contributed by atoms with E-state index in [1.165, 1.54) is 10.9 Å². The predicted octanol–water partition coefficient (Wildman–Crippen LogP) is 2.64. The van der Waals surface area contributed by atoms with Gasteiger partial charge in [-0.1, -0.05) is 18.2 Å². The molecule has 0 aliphatic rings. The summed E-state index contributed by atoms with van der Waals surface area (Å²) in [5, 5.41) is 13.3. The second kappa shape index (κ2) is 7.46. The molecule has 0 aliphatic carbocycles. The molecule has 2 rings (SSSR count). The van der Waals surface area contributed by atoms with Gasteiger partial charge in [-0.05, 0) is 18.2 Å². The number of para-hydroxylation sites is 1. The van der Waals surface area contributed by atoms with Crippen molar-refractivity contribution in [1.29, 1.82) is 0 Å². The van der Waals surface area contributed by atoms with Gasteiger partial charge in [-0.3, -0.25) is 0 Å². The van der Waals surface area contributed by atoms with Gasteiger partial charge in [0.05, 0.1) is 6.26 Å². The van der Waals surface area contributed by atoms with Crippen LogP contribution in [0.1, 0.15) is 12.0 Å². The van der Waals surface area contributed by atoms with Crippen molar-refractivity contribution in [2.75, 3.05) is 24.7 Å². The molecule has 1 aromatic heterocycles. The van der Waals surface area contributed by atoms with E-state index in [2.05, 4.69) is 11.4 Å². The largest absolute Gasteiger partial charge is 0.464 e. The number of hydrogen-bond donors (Lipinski definition) is 2. The van der Waals surface area contributed by atoms with E-state index in [-0.39, 0.29) is 0 Å². The molecule has 4 heteroatoms. The second-order valence-corrected chi connectivity index (χ2v) is 5.35. The molecular formula is C14H19NO2S. The van der Waals surface area contributed by atoms with Crippen LogP contribution in [-0.2, 0) is 6.54 Å². The number of rotatable bonds is 8. The lowest BCUT2D eigenvalue weighted by atomic mass is 10.2. The van der Waals surface area contributed by atoms with Gasteiger partial charge in [-0.15, -0.1) is 0 Å². The van der Waals surface area contributed by atoms with Gasteiger partial charge in [0.25, 0.3) is 0 Å². The molecule has 0 saturated heterocycles. The molecule has 98 valence electrons. The summed E-state index contributed by atoms with van der Waals surface area (Å²) in [4.78, 5) is 0. The fourth-order valence-corrected chi connectivity index (χ4v) is 2.63. The topological polar surface area (TPSA) is 45.4 Å². The van der Waals surface area contributed by atoms with E-state index in [9.17, 15) is 0 Å². The Kier molecular flexibility index (Phi) is 5.58. The van der Waals surface area contributed by atoms with Gasteiger partial charge < -0.3 is 14.8 Å². The number of fused-ring (bicyclic) bond motifs is 1. The molecule has 3 nitrogen and oxygen atoms in total. The van der Waals surface area contributed by atoms with Gasteiger partial charge >= 0.3 is 0 Å². The number of aliphatic hydroxyl groups is 1. The van der Waals surface area contributed by atoms with Gasteiger partial charge in [0.1, 0.15) is 5.58 Å². The van der Waals surface area contributed by atoms with Crippen LogP contribution in [-0.4, -0.2) is 29.8 Å². The number of nitrogens with one attached hydrogen (secondary N) is 1. The minimum absolute atomic E-state index is 0.293. The molecule has 0 unspecified atom stereocenters. The molecule has 2 aromatic rings. The van der Waals surface area contributed by atoms with E-state index in [1.54, 1.807) is 0 Å². The second-order valence-electron chi connectivity index (χ2n) is 4.12. The molecule has 2 N–H and O–H groups in total. The maximum absolute atomic E-state index is 8.66. The van der Waals surface area contributed by atoms with E-state index >= 15 is 0 Å². The molecule has 0 bridgehead atoms. The van der Waals surface area contributed by atoms with Gasteiger partial charge in [-0.25, -0.2) is 0 Å². The molecule has 0 fully saturated rings. The molecule has 0 amide bonds. The Morgan fingerprint density at radius 1 is 1.22 bits per heavy atom. The van der Waals surface area contributed by atoms with Crippen LogP contribution in [0.25, 0.3) is 11.0 Å². The third-order valence-corrected chi connectivity index (χ3v) is 3.82.